The molecule has 1 aliphatic carbocycles. The van der Waals surface area contributed by atoms with E-state index in [1.165, 1.54) is 26.4 Å². The molecule has 1 aromatic rings. The number of ether oxygens (including phenoxy) is 1. The first-order chi connectivity index (χ1) is 8.70. The van der Waals surface area contributed by atoms with Crippen LogP contribution in [0.2, 0.25) is 0 Å². The average molecular weight is 251 g/mol. The van der Waals surface area contributed by atoms with Gasteiger partial charge in [-0.2, -0.15) is 0 Å². The third-order valence-corrected chi connectivity index (χ3v) is 3.79. The molecule has 0 radical (unpaired) electrons. The van der Waals surface area contributed by atoms with Gasteiger partial charge >= 0.3 is 5.97 Å². The van der Waals surface area contributed by atoms with Gasteiger partial charge in [0.2, 0.25) is 5.76 Å². The molecule has 1 heterocycles. The first kappa shape index (κ1) is 13.1. The molecule has 4 nitrogen and oxygen atoms in total. The van der Waals surface area contributed by atoms with Crippen molar-refractivity contribution in [2.45, 2.75) is 32.7 Å². The molecule has 2 rings (SSSR count). The van der Waals surface area contributed by atoms with Crippen LogP contribution in [0.3, 0.4) is 0 Å². The second-order valence-electron chi connectivity index (χ2n) is 5.06. The second kappa shape index (κ2) is 6.05. The van der Waals surface area contributed by atoms with Crippen LogP contribution in [0.15, 0.2) is 16.5 Å². The molecule has 4 heteroatoms. The molecule has 1 aromatic heterocycles. The summed E-state index contributed by atoms with van der Waals surface area (Å²) in [6.07, 6.45) is 4.01. The number of furan rings is 1. The maximum absolute atomic E-state index is 11.2. The van der Waals surface area contributed by atoms with Crippen LogP contribution in [0.4, 0.5) is 0 Å². The minimum absolute atomic E-state index is 0.267. The number of rotatable bonds is 5. The van der Waals surface area contributed by atoms with Crippen LogP contribution in [0.25, 0.3) is 0 Å². The van der Waals surface area contributed by atoms with Crippen LogP contribution in [-0.2, 0) is 11.3 Å². The van der Waals surface area contributed by atoms with Crippen LogP contribution in [0, 0.1) is 11.8 Å². The zero-order valence-electron chi connectivity index (χ0n) is 11.1. The van der Waals surface area contributed by atoms with Gasteiger partial charge in [0.1, 0.15) is 5.76 Å². The van der Waals surface area contributed by atoms with Crippen molar-refractivity contribution in [1.82, 2.24) is 5.32 Å². The van der Waals surface area contributed by atoms with Crippen molar-refractivity contribution in [2.75, 3.05) is 13.7 Å². The SMILES string of the molecule is COC(=O)c1ccc(CNCC2CCCC2C)o1. The fourth-order valence-electron chi connectivity index (χ4n) is 2.59. The van der Waals surface area contributed by atoms with Crippen LogP contribution < -0.4 is 5.32 Å². The molecule has 0 aliphatic heterocycles. The van der Waals surface area contributed by atoms with E-state index in [-0.39, 0.29) is 5.76 Å². The highest BCUT2D eigenvalue weighted by Crippen LogP contribution is 2.30. The molecule has 0 spiro atoms. The zero-order chi connectivity index (χ0) is 13.0. The summed E-state index contributed by atoms with van der Waals surface area (Å²) in [5, 5.41) is 3.40. The molecule has 2 atom stereocenters. The van der Waals surface area contributed by atoms with Crippen molar-refractivity contribution in [1.29, 1.82) is 0 Å². The molecule has 100 valence electrons. The van der Waals surface area contributed by atoms with Crippen LogP contribution >= 0.6 is 0 Å². The number of hydrogen-bond acceptors (Lipinski definition) is 4. The van der Waals surface area contributed by atoms with Gasteiger partial charge in [-0.15, -0.1) is 0 Å². The van der Waals surface area contributed by atoms with Gasteiger partial charge in [0.15, 0.2) is 0 Å². The summed E-state index contributed by atoms with van der Waals surface area (Å²) in [5.41, 5.74) is 0. The Morgan fingerprint density at radius 1 is 1.50 bits per heavy atom. The molecule has 1 N–H and O–H groups in total. The smallest absolute Gasteiger partial charge is 0.373 e. The van der Waals surface area contributed by atoms with Gasteiger partial charge in [-0.05, 0) is 36.9 Å². The van der Waals surface area contributed by atoms with Crippen molar-refractivity contribution in [3.8, 4) is 0 Å². The van der Waals surface area contributed by atoms with Crippen molar-refractivity contribution in [3.05, 3.63) is 23.7 Å². The van der Waals surface area contributed by atoms with Gasteiger partial charge in [0.25, 0.3) is 0 Å². The summed E-state index contributed by atoms with van der Waals surface area (Å²) < 4.78 is 9.99. The number of carbonyl (C=O) groups excluding carboxylic acids is 1. The third-order valence-electron chi connectivity index (χ3n) is 3.79. The highest BCUT2D eigenvalue weighted by atomic mass is 16.5. The number of hydrogen-bond donors (Lipinski definition) is 1. The summed E-state index contributed by atoms with van der Waals surface area (Å²) in [6, 6.07) is 3.47. The molecule has 1 saturated carbocycles. The minimum atomic E-state index is -0.425. The number of nitrogens with one attached hydrogen (secondary N) is 1. The summed E-state index contributed by atoms with van der Waals surface area (Å²) in [5.74, 6) is 2.22. The molecule has 0 amide bonds. The van der Waals surface area contributed by atoms with E-state index in [0.717, 1.165) is 24.1 Å². The van der Waals surface area contributed by atoms with E-state index in [0.29, 0.717) is 6.54 Å². The van der Waals surface area contributed by atoms with Crippen molar-refractivity contribution >= 4 is 5.97 Å². The monoisotopic (exact) mass is 251 g/mol. The maximum Gasteiger partial charge on any atom is 0.373 e. The first-order valence-corrected chi connectivity index (χ1v) is 6.58. The minimum Gasteiger partial charge on any atom is -0.463 e. The standard InChI is InChI=1S/C14H21NO3/c1-10-4-3-5-11(10)8-15-9-12-6-7-13(18-12)14(16)17-2/h6-7,10-11,15H,3-5,8-9H2,1-2H3. The Labute approximate surface area is 108 Å². The van der Waals surface area contributed by atoms with Gasteiger partial charge in [0, 0.05) is 0 Å². The van der Waals surface area contributed by atoms with Gasteiger partial charge in [-0.25, -0.2) is 4.79 Å². The second-order valence-corrected chi connectivity index (χ2v) is 5.06. The normalized spacial score (nSPS) is 23.2. The summed E-state index contributed by atoms with van der Waals surface area (Å²) >= 11 is 0. The summed E-state index contributed by atoms with van der Waals surface area (Å²) in [7, 11) is 1.35. The molecular weight excluding hydrogens is 230 g/mol. The highest BCUT2D eigenvalue weighted by molar-refractivity contribution is 5.86. The third kappa shape index (κ3) is 3.13. The maximum atomic E-state index is 11.2. The Bertz CT molecular complexity index is 399. The van der Waals surface area contributed by atoms with Gasteiger partial charge in [0.05, 0.1) is 13.7 Å². The largest absolute Gasteiger partial charge is 0.463 e. The van der Waals surface area contributed by atoms with Crippen LogP contribution in [-0.4, -0.2) is 19.6 Å². The Kier molecular flexibility index (Phi) is 4.42. The molecule has 0 saturated heterocycles. The van der Waals surface area contributed by atoms with Gasteiger partial charge in [-0.3, -0.25) is 0 Å². The number of carbonyl (C=O) groups is 1. The average Bonchev–Trinajstić information content (AvgIpc) is 2.99. The van der Waals surface area contributed by atoms with Gasteiger partial charge in [-0.1, -0.05) is 19.8 Å². The molecule has 2 unspecified atom stereocenters. The van der Waals surface area contributed by atoms with Crippen molar-refractivity contribution in [2.24, 2.45) is 11.8 Å². The van der Waals surface area contributed by atoms with Crippen molar-refractivity contribution < 1.29 is 13.9 Å². The Morgan fingerprint density at radius 3 is 3.00 bits per heavy atom. The highest BCUT2D eigenvalue weighted by Gasteiger charge is 2.22. The van der Waals surface area contributed by atoms with E-state index < -0.39 is 5.97 Å². The van der Waals surface area contributed by atoms with E-state index >= 15 is 0 Å². The zero-order valence-corrected chi connectivity index (χ0v) is 11.1. The molecule has 0 aromatic carbocycles. The lowest BCUT2D eigenvalue weighted by Crippen LogP contribution is -2.23. The number of esters is 1. The molecular formula is C14H21NO3. The predicted octanol–water partition coefficient (Wildman–Crippen LogP) is 2.59. The lowest BCUT2D eigenvalue weighted by molar-refractivity contribution is 0.0563. The Balaban J connectivity index is 1.76. The molecule has 18 heavy (non-hydrogen) atoms. The quantitative estimate of drug-likeness (QED) is 0.817. The predicted molar refractivity (Wildman–Crippen MR) is 68.3 cm³/mol. The van der Waals surface area contributed by atoms with E-state index in [9.17, 15) is 4.79 Å². The number of methoxy groups -OCH3 is 1. The molecule has 1 aliphatic rings. The van der Waals surface area contributed by atoms with E-state index in [1.807, 2.05) is 6.07 Å². The lowest BCUT2D eigenvalue weighted by atomic mass is 9.98. The van der Waals surface area contributed by atoms with E-state index in [1.54, 1.807) is 6.07 Å². The first-order valence-electron chi connectivity index (χ1n) is 6.58. The molecule has 1 fully saturated rings. The lowest BCUT2D eigenvalue weighted by Gasteiger charge is -2.15. The Morgan fingerprint density at radius 2 is 2.33 bits per heavy atom. The Hall–Kier alpha value is -1.29. The fourth-order valence-corrected chi connectivity index (χ4v) is 2.59. The fraction of sp³-hybridized carbons (Fsp3) is 0.643. The van der Waals surface area contributed by atoms with Crippen LogP contribution in [0.5, 0.6) is 0 Å². The molecule has 0 bridgehead atoms. The summed E-state index contributed by atoms with van der Waals surface area (Å²) in [4.78, 5) is 11.2. The van der Waals surface area contributed by atoms with Crippen molar-refractivity contribution in [3.63, 3.8) is 0 Å². The van der Waals surface area contributed by atoms with E-state index in [4.69, 9.17) is 4.42 Å². The van der Waals surface area contributed by atoms with Crippen LogP contribution in [0.1, 0.15) is 42.5 Å². The summed E-state index contributed by atoms with van der Waals surface area (Å²) in [6.45, 7) is 4.01. The van der Waals surface area contributed by atoms with E-state index in [2.05, 4.69) is 17.0 Å². The van der Waals surface area contributed by atoms with Gasteiger partial charge < -0.3 is 14.5 Å². The topological polar surface area (TPSA) is 51.5 Å².